The van der Waals surface area contributed by atoms with E-state index in [1.54, 1.807) is 24.1 Å². The van der Waals surface area contributed by atoms with E-state index in [1.807, 2.05) is 32.0 Å². The topological polar surface area (TPSA) is 29.3 Å². The summed E-state index contributed by atoms with van der Waals surface area (Å²) in [5.41, 5.74) is 9.47. The molecule has 2 aromatic rings. The minimum Gasteiger partial charge on any atom is -0.399 e. The summed E-state index contributed by atoms with van der Waals surface area (Å²) < 4.78 is 26.3. The fourth-order valence-corrected chi connectivity index (χ4v) is 2.36. The van der Waals surface area contributed by atoms with Crippen LogP contribution in [0.1, 0.15) is 23.1 Å². The molecule has 106 valence electrons. The Morgan fingerprint density at radius 2 is 1.65 bits per heavy atom. The summed E-state index contributed by atoms with van der Waals surface area (Å²) in [5.74, 6) is 0. The fraction of sp³-hybridized carbons (Fsp3) is 0.250. The summed E-state index contributed by atoms with van der Waals surface area (Å²) in [6.07, 6.45) is -2.55. The molecule has 0 aliphatic rings. The van der Waals surface area contributed by atoms with Crippen LogP contribution in [0.25, 0.3) is 0 Å². The van der Waals surface area contributed by atoms with E-state index in [0.29, 0.717) is 11.4 Å². The molecule has 0 saturated carbocycles. The van der Waals surface area contributed by atoms with Gasteiger partial charge in [0.05, 0.1) is 0 Å². The predicted molar refractivity (Wildman–Crippen MR) is 79.8 cm³/mol. The zero-order chi connectivity index (χ0) is 14.9. The second-order valence-electron chi connectivity index (χ2n) is 4.97. The maximum Gasteiger partial charge on any atom is 0.265 e. The largest absolute Gasteiger partial charge is 0.399 e. The molecule has 0 saturated heterocycles. The highest BCUT2D eigenvalue weighted by molar-refractivity contribution is 5.70. The Bertz CT molecular complexity index is 624. The molecule has 0 bridgehead atoms. The Kier molecular flexibility index (Phi) is 3.93. The van der Waals surface area contributed by atoms with E-state index in [2.05, 4.69) is 0 Å². The zero-order valence-electron chi connectivity index (χ0n) is 11.8. The Labute approximate surface area is 117 Å². The van der Waals surface area contributed by atoms with Gasteiger partial charge in [0.2, 0.25) is 0 Å². The average Bonchev–Trinajstić information content (AvgIpc) is 2.37. The van der Waals surface area contributed by atoms with Gasteiger partial charge in [-0.25, -0.2) is 8.78 Å². The molecule has 20 heavy (non-hydrogen) atoms. The van der Waals surface area contributed by atoms with Crippen molar-refractivity contribution in [3.63, 3.8) is 0 Å². The summed E-state index contributed by atoms with van der Waals surface area (Å²) >= 11 is 0. The van der Waals surface area contributed by atoms with Gasteiger partial charge in [0.1, 0.15) is 0 Å². The van der Waals surface area contributed by atoms with Crippen molar-refractivity contribution in [2.24, 2.45) is 0 Å². The molecule has 2 aromatic carbocycles. The first-order valence-corrected chi connectivity index (χ1v) is 6.38. The van der Waals surface area contributed by atoms with Crippen LogP contribution in [0.15, 0.2) is 36.4 Å². The Morgan fingerprint density at radius 1 is 1.00 bits per heavy atom. The molecule has 0 radical (unpaired) electrons. The van der Waals surface area contributed by atoms with Crippen molar-refractivity contribution in [3.05, 3.63) is 53.1 Å². The van der Waals surface area contributed by atoms with E-state index in [1.165, 1.54) is 6.07 Å². The van der Waals surface area contributed by atoms with E-state index in [-0.39, 0.29) is 5.56 Å². The van der Waals surface area contributed by atoms with Crippen molar-refractivity contribution in [1.29, 1.82) is 0 Å². The highest BCUT2D eigenvalue weighted by Gasteiger charge is 2.18. The van der Waals surface area contributed by atoms with Crippen LogP contribution in [-0.4, -0.2) is 7.05 Å². The second-order valence-corrected chi connectivity index (χ2v) is 4.97. The molecule has 2 rings (SSSR count). The number of nitrogens with two attached hydrogens (primary N) is 1. The standard InChI is InChI=1S/C16H18F2N2/c1-10-4-6-14(11(2)8-10)20(3)15-7-5-12(19)9-13(15)16(17)18/h4-9,16H,19H2,1-3H3. The van der Waals surface area contributed by atoms with Gasteiger partial charge in [0.15, 0.2) is 0 Å². The van der Waals surface area contributed by atoms with Crippen molar-refractivity contribution >= 4 is 17.1 Å². The van der Waals surface area contributed by atoms with Gasteiger partial charge >= 0.3 is 0 Å². The van der Waals surface area contributed by atoms with Crippen LogP contribution in [-0.2, 0) is 0 Å². The molecule has 0 aromatic heterocycles. The lowest BCUT2D eigenvalue weighted by molar-refractivity contribution is 0.152. The van der Waals surface area contributed by atoms with Gasteiger partial charge in [0.25, 0.3) is 6.43 Å². The van der Waals surface area contributed by atoms with E-state index in [4.69, 9.17) is 5.73 Å². The molecule has 0 aliphatic heterocycles. The van der Waals surface area contributed by atoms with Gasteiger partial charge in [-0.3, -0.25) is 0 Å². The average molecular weight is 276 g/mol. The first-order chi connectivity index (χ1) is 9.40. The number of rotatable bonds is 3. The van der Waals surface area contributed by atoms with Gasteiger partial charge in [-0.05, 0) is 43.7 Å². The summed E-state index contributed by atoms with van der Waals surface area (Å²) in [6.45, 7) is 3.97. The first-order valence-electron chi connectivity index (χ1n) is 6.38. The number of nitrogens with zero attached hydrogens (tertiary/aromatic N) is 1. The third kappa shape index (κ3) is 2.74. The van der Waals surface area contributed by atoms with Crippen LogP contribution in [0.3, 0.4) is 0 Å². The van der Waals surface area contributed by atoms with Crippen LogP contribution in [0.5, 0.6) is 0 Å². The van der Waals surface area contributed by atoms with Crippen molar-refractivity contribution < 1.29 is 8.78 Å². The fourth-order valence-electron chi connectivity index (χ4n) is 2.36. The third-order valence-corrected chi connectivity index (χ3v) is 3.36. The molecule has 0 unspecified atom stereocenters. The van der Waals surface area contributed by atoms with Gasteiger partial charge in [-0.1, -0.05) is 17.7 Å². The van der Waals surface area contributed by atoms with E-state index in [9.17, 15) is 8.78 Å². The molecular formula is C16H18F2N2. The van der Waals surface area contributed by atoms with Crippen LogP contribution in [0.4, 0.5) is 25.8 Å². The SMILES string of the molecule is Cc1ccc(N(C)c2ccc(N)cc2C(F)F)c(C)c1. The summed E-state index contributed by atoms with van der Waals surface area (Å²) in [6, 6.07) is 10.6. The molecule has 0 atom stereocenters. The van der Waals surface area contributed by atoms with Gasteiger partial charge in [-0.2, -0.15) is 0 Å². The number of benzene rings is 2. The third-order valence-electron chi connectivity index (χ3n) is 3.36. The lowest BCUT2D eigenvalue weighted by Crippen LogP contribution is -2.13. The molecule has 2 N–H and O–H groups in total. The van der Waals surface area contributed by atoms with Crippen molar-refractivity contribution in [1.82, 2.24) is 0 Å². The first kappa shape index (κ1) is 14.3. The second kappa shape index (κ2) is 5.49. The number of nitrogen functional groups attached to an aromatic ring is 1. The molecule has 4 heteroatoms. The van der Waals surface area contributed by atoms with Gasteiger partial charge < -0.3 is 10.6 Å². The normalized spacial score (nSPS) is 10.9. The number of hydrogen-bond donors (Lipinski definition) is 1. The lowest BCUT2D eigenvalue weighted by atomic mass is 10.1. The van der Waals surface area contributed by atoms with E-state index >= 15 is 0 Å². The van der Waals surface area contributed by atoms with Crippen molar-refractivity contribution in [2.45, 2.75) is 20.3 Å². The Morgan fingerprint density at radius 3 is 2.25 bits per heavy atom. The van der Waals surface area contributed by atoms with Crippen molar-refractivity contribution in [3.8, 4) is 0 Å². The highest BCUT2D eigenvalue weighted by Crippen LogP contribution is 2.35. The smallest absolute Gasteiger partial charge is 0.265 e. The number of alkyl halides is 2. The van der Waals surface area contributed by atoms with Gasteiger partial charge in [-0.15, -0.1) is 0 Å². The number of aryl methyl sites for hydroxylation is 2. The Balaban J connectivity index is 2.50. The molecule has 0 amide bonds. The highest BCUT2D eigenvalue weighted by atomic mass is 19.3. The molecule has 0 heterocycles. The van der Waals surface area contributed by atoms with Crippen LogP contribution in [0.2, 0.25) is 0 Å². The summed E-state index contributed by atoms with van der Waals surface area (Å²) in [4.78, 5) is 1.77. The van der Waals surface area contributed by atoms with Crippen molar-refractivity contribution in [2.75, 3.05) is 17.7 Å². The monoisotopic (exact) mass is 276 g/mol. The number of anilines is 3. The quantitative estimate of drug-likeness (QED) is 0.831. The maximum atomic E-state index is 13.2. The molecule has 0 spiro atoms. The lowest BCUT2D eigenvalue weighted by Gasteiger charge is -2.24. The van der Waals surface area contributed by atoms with Gasteiger partial charge in [0, 0.05) is 29.7 Å². The van der Waals surface area contributed by atoms with E-state index < -0.39 is 6.43 Å². The molecule has 0 aliphatic carbocycles. The van der Waals surface area contributed by atoms with Crippen LogP contribution >= 0.6 is 0 Å². The minimum absolute atomic E-state index is 0.0486. The van der Waals surface area contributed by atoms with E-state index in [0.717, 1.165) is 16.8 Å². The molecule has 0 fully saturated rings. The predicted octanol–water partition coefficient (Wildman–Crippen LogP) is 4.59. The number of halogens is 2. The number of hydrogen-bond acceptors (Lipinski definition) is 2. The molecule has 2 nitrogen and oxygen atoms in total. The summed E-state index contributed by atoms with van der Waals surface area (Å²) in [5, 5.41) is 0. The maximum absolute atomic E-state index is 13.2. The molecular weight excluding hydrogens is 258 g/mol. The van der Waals surface area contributed by atoms with Crippen LogP contribution < -0.4 is 10.6 Å². The van der Waals surface area contributed by atoms with Crippen LogP contribution in [0, 0.1) is 13.8 Å². The summed E-state index contributed by atoms with van der Waals surface area (Å²) in [7, 11) is 1.79. The Hall–Kier alpha value is -2.10. The minimum atomic E-state index is -2.55. The zero-order valence-corrected chi connectivity index (χ0v) is 11.8.